The van der Waals surface area contributed by atoms with Gasteiger partial charge in [0, 0.05) is 22.8 Å². The van der Waals surface area contributed by atoms with Crippen molar-refractivity contribution in [3.05, 3.63) is 46.7 Å². The molecule has 1 aliphatic carbocycles. The van der Waals surface area contributed by atoms with Crippen LogP contribution >= 0.6 is 11.6 Å². The molecule has 0 bridgehead atoms. The van der Waals surface area contributed by atoms with Crippen molar-refractivity contribution >= 4 is 35.1 Å². The summed E-state index contributed by atoms with van der Waals surface area (Å²) in [5, 5.41) is 7.88. The minimum absolute atomic E-state index is 0.0234. The standard InChI is InChI=1S/C23H27ClN4O4/c1-23(22(31)25-16-9-5-3-4-6-10-16)14-27-19(13-18(26-27)21(30)32-2)20(29)28(23)17-11-7-8-15(24)12-17/h7-8,11-13,16H,3-6,9-10,14H2,1-2H3,(H,25,31)/t23-/m1/s1. The molecule has 1 N–H and O–H groups in total. The number of fused-ring (bicyclic) bond motifs is 1. The van der Waals surface area contributed by atoms with Crippen LogP contribution in [0.1, 0.15) is 66.4 Å². The Balaban J connectivity index is 1.74. The molecule has 9 heteroatoms. The quantitative estimate of drug-likeness (QED) is 0.558. The molecule has 8 nitrogen and oxygen atoms in total. The molecule has 1 aliphatic heterocycles. The number of rotatable bonds is 4. The molecule has 0 saturated heterocycles. The van der Waals surface area contributed by atoms with Crippen LogP contribution < -0.4 is 10.2 Å². The average molecular weight is 459 g/mol. The fraction of sp³-hybridized carbons (Fsp3) is 0.478. The number of nitrogens with one attached hydrogen (secondary N) is 1. The first-order valence-electron chi connectivity index (χ1n) is 10.9. The van der Waals surface area contributed by atoms with E-state index in [-0.39, 0.29) is 29.9 Å². The molecule has 0 radical (unpaired) electrons. The minimum atomic E-state index is -1.26. The molecular weight excluding hydrogens is 432 g/mol. The molecule has 2 heterocycles. The second-order valence-electron chi connectivity index (χ2n) is 8.62. The Bertz CT molecular complexity index is 1040. The highest BCUT2D eigenvalue weighted by Crippen LogP contribution is 2.34. The van der Waals surface area contributed by atoms with Gasteiger partial charge >= 0.3 is 5.97 Å². The summed E-state index contributed by atoms with van der Waals surface area (Å²) < 4.78 is 6.17. The van der Waals surface area contributed by atoms with E-state index in [1.54, 1.807) is 31.2 Å². The van der Waals surface area contributed by atoms with Crippen LogP contribution in [-0.4, -0.2) is 46.3 Å². The molecule has 1 fully saturated rings. The third kappa shape index (κ3) is 4.11. The van der Waals surface area contributed by atoms with E-state index in [9.17, 15) is 14.4 Å². The van der Waals surface area contributed by atoms with Crippen molar-refractivity contribution in [1.29, 1.82) is 0 Å². The molecule has 0 unspecified atom stereocenters. The van der Waals surface area contributed by atoms with Crippen molar-refractivity contribution in [3.63, 3.8) is 0 Å². The summed E-state index contributed by atoms with van der Waals surface area (Å²) in [6.45, 7) is 1.82. The predicted octanol–water partition coefficient (Wildman–Crippen LogP) is 3.58. The number of carbonyl (C=O) groups is 3. The Labute approximate surface area is 191 Å². The van der Waals surface area contributed by atoms with Crippen molar-refractivity contribution in [2.24, 2.45) is 0 Å². The van der Waals surface area contributed by atoms with Crippen LogP contribution in [0.2, 0.25) is 5.02 Å². The number of amides is 2. The number of hydrogen-bond acceptors (Lipinski definition) is 5. The van der Waals surface area contributed by atoms with Gasteiger partial charge in [0.05, 0.1) is 13.7 Å². The normalized spacial score (nSPS) is 21.6. The van der Waals surface area contributed by atoms with Gasteiger partial charge in [0.1, 0.15) is 11.2 Å². The first-order valence-corrected chi connectivity index (χ1v) is 11.3. The topological polar surface area (TPSA) is 93.5 Å². The van der Waals surface area contributed by atoms with Crippen LogP contribution in [0.5, 0.6) is 0 Å². The number of hydrogen-bond donors (Lipinski definition) is 1. The highest BCUT2D eigenvalue weighted by atomic mass is 35.5. The number of halogens is 1. The number of nitrogens with zero attached hydrogens (tertiary/aromatic N) is 3. The molecule has 4 rings (SSSR count). The summed E-state index contributed by atoms with van der Waals surface area (Å²) in [5.41, 5.74) is -0.519. The van der Waals surface area contributed by atoms with Gasteiger partial charge in [-0.1, -0.05) is 43.4 Å². The van der Waals surface area contributed by atoms with Gasteiger partial charge in [-0.25, -0.2) is 4.79 Å². The first kappa shape index (κ1) is 22.3. The zero-order chi connectivity index (χ0) is 22.9. The number of methoxy groups -OCH3 is 1. The Morgan fingerprint density at radius 3 is 2.56 bits per heavy atom. The SMILES string of the molecule is COC(=O)c1cc2n(n1)C[C@](C)(C(=O)NC1CCCCCC1)N(c1cccc(Cl)c1)C2=O. The van der Waals surface area contributed by atoms with E-state index < -0.39 is 17.4 Å². The second kappa shape index (κ2) is 8.94. The van der Waals surface area contributed by atoms with Crippen molar-refractivity contribution in [2.75, 3.05) is 12.0 Å². The molecular formula is C23H27ClN4O4. The Kier molecular flexibility index (Phi) is 6.24. The monoisotopic (exact) mass is 458 g/mol. The molecule has 1 saturated carbocycles. The predicted molar refractivity (Wildman–Crippen MR) is 120 cm³/mol. The number of ether oxygens (including phenoxy) is 1. The lowest BCUT2D eigenvalue weighted by Gasteiger charge is -2.43. The summed E-state index contributed by atoms with van der Waals surface area (Å²) in [5.74, 6) is -1.32. The lowest BCUT2D eigenvalue weighted by Crippen LogP contribution is -2.65. The maximum Gasteiger partial charge on any atom is 0.358 e. The average Bonchev–Trinajstić information content (AvgIpc) is 3.02. The van der Waals surface area contributed by atoms with Crippen molar-refractivity contribution < 1.29 is 19.1 Å². The summed E-state index contributed by atoms with van der Waals surface area (Å²) in [7, 11) is 1.26. The third-order valence-corrected chi connectivity index (χ3v) is 6.53. The van der Waals surface area contributed by atoms with Crippen LogP contribution in [0.25, 0.3) is 0 Å². The summed E-state index contributed by atoms with van der Waals surface area (Å²) in [6, 6.07) is 8.32. The number of esters is 1. The van der Waals surface area contributed by atoms with Crippen LogP contribution in [0.3, 0.4) is 0 Å². The molecule has 0 spiro atoms. The Hall–Kier alpha value is -2.87. The molecule has 1 atom stereocenters. The van der Waals surface area contributed by atoms with E-state index in [0.717, 1.165) is 25.7 Å². The van der Waals surface area contributed by atoms with Gasteiger partial charge < -0.3 is 10.1 Å². The van der Waals surface area contributed by atoms with E-state index in [1.807, 2.05) is 0 Å². The van der Waals surface area contributed by atoms with Crippen LogP contribution in [0, 0.1) is 0 Å². The molecule has 2 aliphatic rings. The van der Waals surface area contributed by atoms with Crippen LogP contribution in [0.4, 0.5) is 5.69 Å². The summed E-state index contributed by atoms with van der Waals surface area (Å²) in [6.07, 6.45) is 6.33. The Morgan fingerprint density at radius 2 is 1.91 bits per heavy atom. The zero-order valence-electron chi connectivity index (χ0n) is 18.3. The summed E-state index contributed by atoms with van der Waals surface area (Å²) in [4.78, 5) is 40.7. The minimum Gasteiger partial charge on any atom is -0.464 e. The van der Waals surface area contributed by atoms with Gasteiger partial charge in [-0.3, -0.25) is 19.2 Å². The lowest BCUT2D eigenvalue weighted by atomic mass is 9.93. The van der Waals surface area contributed by atoms with Gasteiger partial charge in [0.25, 0.3) is 5.91 Å². The molecule has 2 amide bonds. The van der Waals surface area contributed by atoms with Gasteiger partial charge in [0.2, 0.25) is 5.91 Å². The summed E-state index contributed by atoms with van der Waals surface area (Å²) >= 11 is 6.21. The molecule has 2 aromatic rings. The number of aromatic nitrogens is 2. The smallest absolute Gasteiger partial charge is 0.358 e. The first-order chi connectivity index (χ1) is 15.3. The van der Waals surface area contributed by atoms with E-state index in [2.05, 4.69) is 10.4 Å². The number of carbonyl (C=O) groups excluding carboxylic acids is 3. The van der Waals surface area contributed by atoms with Crippen LogP contribution in [0.15, 0.2) is 30.3 Å². The van der Waals surface area contributed by atoms with Gasteiger partial charge in [-0.2, -0.15) is 5.10 Å². The van der Waals surface area contributed by atoms with Gasteiger partial charge in [-0.05, 0) is 38.0 Å². The molecule has 1 aromatic heterocycles. The fourth-order valence-corrected chi connectivity index (χ4v) is 4.75. The van der Waals surface area contributed by atoms with Crippen molar-refractivity contribution in [3.8, 4) is 0 Å². The Morgan fingerprint density at radius 1 is 1.19 bits per heavy atom. The second-order valence-corrected chi connectivity index (χ2v) is 9.06. The largest absolute Gasteiger partial charge is 0.464 e. The van der Waals surface area contributed by atoms with Crippen LogP contribution in [-0.2, 0) is 16.1 Å². The van der Waals surface area contributed by atoms with E-state index in [4.69, 9.17) is 16.3 Å². The van der Waals surface area contributed by atoms with Crippen molar-refractivity contribution in [1.82, 2.24) is 15.1 Å². The third-order valence-electron chi connectivity index (χ3n) is 6.29. The number of benzene rings is 1. The van der Waals surface area contributed by atoms with Gasteiger partial charge in [-0.15, -0.1) is 0 Å². The molecule has 32 heavy (non-hydrogen) atoms. The highest BCUT2D eigenvalue weighted by Gasteiger charge is 2.49. The molecule has 170 valence electrons. The van der Waals surface area contributed by atoms with E-state index in [0.29, 0.717) is 10.7 Å². The maximum atomic E-state index is 13.7. The lowest BCUT2D eigenvalue weighted by molar-refractivity contribution is -0.127. The fourth-order valence-electron chi connectivity index (χ4n) is 4.57. The van der Waals surface area contributed by atoms with Crippen molar-refractivity contribution in [2.45, 2.75) is 63.6 Å². The van der Waals surface area contributed by atoms with E-state index in [1.165, 1.54) is 35.6 Å². The zero-order valence-corrected chi connectivity index (χ0v) is 19.0. The highest BCUT2D eigenvalue weighted by molar-refractivity contribution is 6.31. The maximum absolute atomic E-state index is 13.7. The molecule has 1 aromatic carbocycles. The number of anilines is 1. The van der Waals surface area contributed by atoms with Gasteiger partial charge in [0.15, 0.2) is 5.69 Å². The van der Waals surface area contributed by atoms with E-state index >= 15 is 0 Å².